The first-order valence-electron chi connectivity index (χ1n) is 5.44. The predicted octanol–water partition coefficient (Wildman–Crippen LogP) is 3.56. The highest BCUT2D eigenvalue weighted by atomic mass is 32.1. The van der Waals surface area contributed by atoms with Crippen molar-refractivity contribution < 1.29 is 4.74 Å². The number of methoxy groups -OCH3 is 1. The Hall–Kier alpha value is -0.630. The molecule has 0 bridgehead atoms. The molecule has 0 spiro atoms. The molecule has 0 aliphatic carbocycles. The van der Waals surface area contributed by atoms with E-state index in [2.05, 4.69) is 38.6 Å². The molecular formula is C13H20OS. The van der Waals surface area contributed by atoms with Crippen LogP contribution in [0.15, 0.2) is 12.1 Å². The third kappa shape index (κ3) is 3.45. The summed E-state index contributed by atoms with van der Waals surface area (Å²) >= 11 is 4.22. The molecule has 1 aromatic carbocycles. The Balaban J connectivity index is 2.76. The maximum absolute atomic E-state index is 5.29. The van der Waals surface area contributed by atoms with Gasteiger partial charge in [-0.25, -0.2) is 0 Å². The van der Waals surface area contributed by atoms with Crippen LogP contribution in [0.1, 0.15) is 29.5 Å². The fourth-order valence-corrected chi connectivity index (χ4v) is 1.99. The second-order valence-corrected chi connectivity index (χ2v) is 4.38. The van der Waals surface area contributed by atoms with E-state index in [0.717, 1.165) is 17.9 Å². The van der Waals surface area contributed by atoms with E-state index >= 15 is 0 Å². The van der Waals surface area contributed by atoms with Gasteiger partial charge in [-0.1, -0.05) is 6.07 Å². The lowest BCUT2D eigenvalue weighted by atomic mass is 10.00. The lowest BCUT2D eigenvalue weighted by Gasteiger charge is -2.11. The van der Waals surface area contributed by atoms with Crippen LogP contribution in [0.4, 0.5) is 0 Å². The lowest BCUT2D eigenvalue weighted by molar-refractivity contribution is 0.411. The van der Waals surface area contributed by atoms with Crippen molar-refractivity contribution in [2.24, 2.45) is 0 Å². The first-order valence-corrected chi connectivity index (χ1v) is 6.07. The average Bonchev–Trinajstić information content (AvgIpc) is 2.23. The molecule has 0 N–H and O–H groups in total. The smallest absolute Gasteiger partial charge is 0.122 e. The van der Waals surface area contributed by atoms with Gasteiger partial charge in [0.2, 0.25) is 0 Å². The molecule has 0 fully saturated rings. The van der Waals surface area contributed by atoms with E-state index in [9.17, 15) is 0 Å². The van der Waals surface area contributed by atoms with Crippen molar-refractivity contribution >= 4 is 12.6 Å². The third-order valence-corrected chi connectivity index (χ3v) is 3.02. The Bertz CT molecular complexity index is 321. The molecule has 1 aromatic rings. The second kappa shape index (κ2) is 6.06. The van der Waals surface area contributed by atoms with Gasteiger partial charge in [0.15, 0.2) is 0 Å². The van der Waals surface area contributed by atoms with E-state index in [0.29, 0.717) is 0 Å². The molecule has 0 radical (unpaired) electrons. The normalized spacial score (nSPS) is 10.4. The molecule has 1 nitrogen and oxygen atoms in total. The third-order valence-electron chi connectivity index (χ3n) is 2.71. The molecule has 0 unspecified atom stereocenters. The number of benzene rings is 1. The summed E-state index contributed by atoms with van der Waals surface area (Å²) in [6.45, 7) is 4.25. The van der Waals surface area contributed by atoms with Gasteiger partial charge in [0, 0.05) is 0 Å². The monoisotopic (exact) mass is 224 g/mol. The lowest BCUT2D eigenvalue weighted by Crippen LogP contribution is -1.95. The molecular weight excluding hydrogens is 204 g/mol. The Morgan fingerprint density at radius 1 is 1.13 bits per heavy atom. The van der Waals surface area contributed by atoms with Crippen LogP contribution in [0.2, 0.25) is 0 Å². The zero-order valence-electron chi connectivity index (χ0n) is 9.84. The Morgan fingerprint density at radius 3 is 2.47 bits per heavy atom. The van der Waals surface area contributed by atoms with Crippen molar-refractivity contribution in [2.75, 3.05) is 12.9 Å². The average molecular weight is 224 g/mol. The van der Waals surface area contributed by atoms with Gasteiger partial charge in [-0.15, -0.1) is 0 Å². The number of hydrogen-bond acceptors (Lipinski definition) is 2. The highest BCUT2D eigenvalue weighted by molar-refractivity contribution is 7.80. The van der Waals surface area contributed by atoms with Gasteiger partial charge < -0.3 is 4.74 Å². The molecule has 2 heteroatoms. The Labute approximate surface area is 98.3 Å². The van der Waals surface area contributed by atoms with Gasteiger partial charge in [0.25, 0.3) is 0 Å². The van der Waals surface area contributed by atoms with Crippen molar-refractivity contribution in [2.45, 2.75) is 33.1 Å². The summed E-state index contributed by atoms with van der Waals surface area (Å²) in [6, 6.07) is 4.37. The minimum absolute atomic E-state index is 0.980. The highest BCUT2D eigenvalue weighted by Gasteiger charge is 2.04. The number of ether oxygens (including phenoxy) is 1. The van der Waals surface area contributed by atoms with Crippen molar-refractivity contribution in [3.8, 4) is 5.75 Å². The summed E-state index contributed by atoms with van der Waals surface area (Å²) in [7, 11) is 1.72. The molecule has 0 atom stereocenters. The summed E-state index contributed by atoms with van der Waals surface area (Å²) < 4.78 is 5.29. The molecule has 84 valence electrons. The summed E-state index contributed by atoms with van der Waals surface area (Å²) in [6.07, 6.45) is 3.56. The van der Waals surface area contributed by atoms with Gasteiger partial charge in [-0.3, -0.25) is 0 Å². The fraction of sp³-hybridized carbons (Fsp3) is 0.538. The van der Waals surface area contributed by atoms with Crippen LogP contribution >= 0.6 is 12.6 Å². The SMILES string of the molecule is COc1cc(C)c(CCCCS)cc1C. The molecule has 0 amide bonds. The van der Waals surface area contributed by atoms with Crippen LogP contribution in [-0.4, -0.2) is 12.9 Å². The van der Waals surface area contributed by atoms with Gasteiger partial charge in [0.05, 0.1) is 7.11 Å². The quantitative estimate of drug-likeness (QED) is 0.594. The molecule has 15 heavy (non-hydrogen) atoms. The minimum atomic E-state index is 0.980. The van der Waals surface area contributed by atoms with Crippen LogP contribution in [0.3, 0.4) is 0 Å². The molecule has 0 aromatic heterocycles. The summed E-state index contributed by atoms with van der Waals surface area (Å²) in [4.78, 5) is 0. The Morgan fingerprint density at radius 2 is 1.87 bits per heavy atom. The van der Waals surface area contributed by atoms with Crippen molar-refractivity contribution in [1.29, 1.82) is 0 Å². The van der Waals surface area contributed by atoms with Crippen LogP contribution in [0, 0.1) is 13.8 Å². The van der Waals surface area contributed by atoms with E-state index < -0.39 is 0 Å². The maximum atomic E-state index is 5.29. The van der Waals surface area contributed by atoms with Crippen molar-refractivity contribution in [3.63, 3.8) is 0 Å². The van der Waals surface area contributed by atoms with Crippen LogP contribution in [0.25, 0.3) is 0 Å². The van der Waals surface area contributed by atoms with Crippen LogP contribution < -0.4 is 4.74 Å². The van der Waals surface area contributed by atoms with E-state index in [1.165, 1.54) is 29.5 Å². The number of thiol groups is 1. The van der Waals surface area contributed by atoms with Gasteiger partial charge in [-0.05, 0) is 61.6 Å². The molecule has 0 saturated carbocycles. The molecule has 0 aliphatic heterocycles. The molecule has 1 rings (SSSR count). The minimum Gasteiger partial charge on any atom is -0.496 e. The van der Waals surface area contributed by atoms with Crippen LogP contribution in [0.5, 0.6) is 5.75 Å². The van der Waals surface area contributed by atoms with Crippen molar-refractivity contribution in [3.05, 3.63) is 28.8 Å². The molecule has 0 heterocycles. The molecule has 0 aliphatic rings. The van der Waals surface area contributed by atoms with E-state index in [1.54, 1.807) is 7.11 Å². The summed E-state index contributed by atoms with van der Waals surface area (Å²) in [5.74, 6) is 1.97. The van der Waals surface area contributed by atoms with Crippen molar-refractivity contribution in [1.82, 2.24) is 0 Å². The van der Waals surface area contributed by atoms with Gasteiger partial charge in [0.1, 0.15) is 5.75 Å². The second-order valence-electron chi connectivity index (χ2n) is 3.93. The van der Waals surface area contributed by atoms with Crippen LogP contribution in [-0.2, 0) is 6.42 Å². The number of rotatable bonds is 5. The van der Waals surface area contributed by atoms with E-state index in [4.69, 9.17) is 4.74 Å². The topological polar surface area (TPSA) is 9.23 Å². The number of unbranched alkanes of at least 4 members (excludes halogenated alkanes) is 1. The van der Waals surface area contributed by atoms with E-state index in [1.807, 2.05) is 0 Å². The molecule has 0 saturated heterocycles. The highest BCUT2D eigenvalue weighted by Crippen LogP contribution is 2.23. The standard InChI is InChI=1S/C13H20OS/c1-10-9-13(14-3)11(2)8-12(10)6-4-5-7-15/h8-9,15H,4-7H2,1-3H3. The number of hydrogen-bond donors (Lipinski definition) is 1. The first-order chi connectivity index (χ1) is 7.19. The first kappa shape index (κ1) is 12.4. The maximum Gasteiger partial charge on any atom is 0.122 e. The Kier molecular flexibility index (Phi) is 5.03. The predicted molar refractivity (Wildman–Crippen MR) is 69.3 cm³/mol. The largest absolute Gasteiger partial charge is 0.496 e. The van der Waals surface area contributed by atoms with Gasteiger partial charge in [-0.2, -0.15) is 12.6 Å². The zero-order chi connectivity index (χ0) is 11.3. The summed E-state index contributed by atoms with van der Waals surface area (Å²) in [5.41, 5.74) is 4.00. The fourth-order valence-electron chi connectivity index (χ4n) is 1.77. The van der Waals surface area contributed by atoms with Gasteiger partial charge >= 0.3 is 0 Å². The summed E-state index contributed by atoms with van der Waals surface area (Å²) in [5, 5.41) is 0. The number of aryl methyl sites for hydroxylation is 3. The van der Waals surface area contributed by atoms with E-state index in [-0.39, 0.29) is 0 Å². The zero-order valence-corrected chi connectivity index (χ0v) is 10.7.